The number of hydrogen-bond acceptors (Lipinski definition) is 5. The van der Waals surface area contributed by atoms with E-state index in [-0.39, 0.29) is 12.1 Å². The number of benzene rings is 1. The van der Waals surface area contributed by atoms with Gasteiger partial charge in [-0.25, -0.2) is 4.79 Å². The molecule has 0 radical (unpaired) electrons. The number of likely N-dealkylation sites (tertiary alicyclic amines) is 1. The molecule has 0 saturated carbocycles. The number of amides is 1. The summed E-state index contributed by atoms with van der Waals surface area (Å²) in [4.78, 5) is 14.1. The van der Waals surface area contributed by atoms with Crippen molar-refractivity contribution in [3.05, 3.63) is 23.8 Å². The van der Waals surface area contributed by atoms with E-state index in [4.69, 9.17) is 14.2 Å². The van der Waals surface area contributed by atoms with Crippen molar-refractivity contribution in [2.45, 2.75) is 51.8 Å². The Balaban J connectivity index is 1.45. The summed E-state index contributed by atoms with van der Waals surface area (Å²) in [5, 5.41) is 2.92. The molecule has 1 atom stereocenters. The van der Waals surface area contributed by atoms with Crippen LogP contribution in [0.1, 0.15) is 33.3 Å². The molecular formula is C19H28N2O4. The minimum absolute atomic E-state index is 0.164. The Morgan fingerprint density at radius 1 is 1.28 bits per heavy atom. The number of hydrogen-bond donors (Lipinski definition) is 1. The standard InChI is InChI=1S/C19H28N2O4/c1-13(9-14-5-6-16-17(10-14)24-8-7-23-16)21-11-15(12-21)20-18(22)25-19(2,3)4/h5-6,10,13,15H,7-9,11-12H2,1-4H3,(H,20,22). The number of carbonyl (C=O) groups excluding carboxylic acids is 1. The molecular weight excluding hydrogens is 320 g/mol. The molecule has 2 heterocycles. The van der Waals surface area contributed by atoms with E-state index in [0.717, 1.165) is 31.0 Å². The van der Waals surface area contributed by atoms with Crippen LogP contribution in [0.2, 0.25) is 0 Å². The topological polar surface area (TPSA) is 60.0 Å². The highest BCUT2D eigenvalue weighted by Crippen LogP contribution is 2.31. The predicted molar refractivity (Wildman–Crippen MR) is 95.3 cm³/mol. The molecule has 0 aliphatic carbocycles. The van der Waals surface area contributed by atoms with E-state index in [1.807, 2.05) is 26.8 Å². The molecule has 25 heavy (non-hydrogen) atoms. The average Bonchev–Trinajstić information content (AvgIpc) is 2.48. The quantitative estimate of drug-likeness (QED) is 0.906. The number of nitrogens with one attached hydrogen (secondary N) is 1. The lowest BCUT2D eigenvalue weighted by Crippen LogP contribution is -2.62. The van der Waals surface area contributed by atoms with Crippen LogP contribution >= 0.6 is 0 Å². The molecule has 6 heteroatoms. The van der Waals surface area contributed by atoms with Crippen LogP contribution in [-0.2, 0) is 11.2 Å². The lowest BCUT2D eigenvalue weighted by molar-refractivity contribution is 0.0339. The first-order valence-corrected chi connectivity index (χ1v) is 8.92. The zero-order valence-corrected chi connectivity index (χ0v) is 15.5. The third-order valence-electron chi connectivity index (χ3n) is 4.39. The maximum atomic E-state index is 11.8. The molecule has 1 fully saturated rings. The summed E-state index contributed by atoms with van der Waals surface area (Å²) in [6.07, 6.45) is 0.604. The Bertz CT molecular complexity index is 620. The first-order valence-electron chi connectivity index (χ1n) is 8.92. The van der Waals surface area contributed by atoms with Crippen molar-refractivity contribution in [1.29, 1.82) is 0 Å². The summed E-state index contributed by atoms with van der Waals surface area (Å²) in [5.74, 6) is 1.66. The number of fused-ring (bicyclic) bond motifs is 1. The van der Waals surface area contributed by atoms with E-state index in [1.165, 1.54) is 5.56 Å². The number of carbonyl (C=O) groups is 1. The molecule has 2 aliphatic heterocycles. The summed E-state index contributed by atoms with van der Waals surface area (Å²) >= 11 is 0. The fourth-order valence-electron chi connectivity index (χ4n) is 3.12. The molecule has 1 aromatic carbocycles. The van der Waals surface area contributed by atoms with Crippen molar-refractivity contribution < 1.29 is 19.0 Å². The third-order valence-corrected chi connectivity index (χ3v) is 4.39. The average molecular weight is 348 g/mol. The van der Waals surface area contributed by atoms with Gasteiger partial charge in [-0.05, 0) is 51.8 Å². The lowest BCUT2D eigenvalue weighted by Gasteiger charge is -2.43. The maximum Gasteiger partial charge on any atom is 0.407 e. The first-order chi connectivity index (χ1) is 11.8. The highest BCUT2D eigenvalue weighted by atomic mass is 16.6. The smallest absolute Gasteiger partial charge is 0.407 e. The highest BCUT2D eigenvalue weighted by Gasteiger charge is 2.32. The molecule has 1 aromatic rings. The molecule has 1 amide bonds. The van der Waals surface area contributed by atoms with E-state index in [9.17, 15) is 4.79 Å². The van der Waals surface area contributed by atoms with Gasteiger partial charge in [-0.15, -0.1) is 0 Å². The summed E-state index contributed by atoms with van der Waals surface area (Å²) in [6.45, 7) is 10.7. The molecule has 6 nitrogen and oxygen atoms in total. The molecule has 0 aromatic heterocycles. The Morgan fingerprint density at radius 3 is 2.64 bits per heavy atom. The largest absolute Gasteiger partial charge is 0.486 e. The van der Waals surface area contributed by atoms with Gasteiger partial charge < -0.3 is 19.5 Å². The predicted octanol–water partition coefficient (Wildman–Crippen LogP) is 2.60. The molecule has 1 N–H and O–H groups in total. The van der Waals surface area contributed by atoms with Crippen molar-refractivity contribution in [1.82, 2.24) is 10.2 Å². The van der Waals surface area contributed by atoms with Gasteiger partial charge >= 0.3 is 6.09 Å². The van der Waals surface area contributed by atoms with E-state index in [0.29, 0.717) is 19.3 Å². The first kappa shape index (κ1) is 17.9. The van der Waals surface area contributed by atoms with Crippen molar-refractivity contribution in [3.8, 4) is 11.5 Å². The minimum atomic E-state index is -0.459. The molecule has 0 spiro atoms. The zero-order chi connectivity index (χ0) is 18.0. The normalized spacial score (nSPS) is 19.0. The second-order valence-electron chi connectivity index (χ2n) is 7.83. The molecule has 138 valence electrons. The number of nitrogens with zero attached hydrogens (tertiary/aromatic N) is 1. The van der Waals surface area contributed by atoms with Crippen LogP contribution < -0.4 is 14.8 Å². The van der Waals surface area contributed by atoms with Gasteiger partial charge in [-0.2, -0.15) is 0 Å². The van der Waals surface area contributed by atoms with Gasteiger partial charge in [0, 0.05) is 19.1 Å². The van der Waals surface area contributed by atoms with E-state index < -0.39 is 5.60 Å². The second-order valence-corrected chi connectivity index (χ2v) is 7.83. The van der Waals surface area contributed by atoms with Crippen LogP contribution in [0, 0.1) is 0 Å². The minimum Gasteiger partial charge on any atom is -0.486 e. The molecule has 0 bridgehead atoms. The zero-order valence-electron chi connectivity index (χ0n) is 15.5. The Hall–Kier alpha value is -1.95. The van der Waals surface area contributed by atoms with Crippen molar-refractivity contribution in [2.24, 2.45) is 0 Å². The maximum absolute atomic E-state index is 11.8. The third kappa shape index (κ3) is 4.78. The van der Waals surface area contributed by atoms with Crippen molar-refractivity contribution in [3.63, 3.8) is 0 Å². The molecule has 1 unspecified atom stereocenters. The number of ether oxygens (including phenoxy) is 3. The van der Waals surface area contributed by atoms with Crippen molar-refractivity contribution in [2.75, 3.05) is 26.3 Å². The van der Waals surface area contributed by atoms with Gasteiger partial charge in [-0.3, -0.25) is 4.90 Å². The fraction of sp³-hybridized carbons (Fsp3) is 0.632. The lowest BCUT2D eigenvalue weighted by atomic mass is 10.00. The van der Waals surface area contributed by atoms with Gasteiger partial charge in [0.05, 0.1) is 6.04 Å². The molecule has 3 rings (SSSR count). The fourth-order valence-corrected chi connectivity index (χ4v) is 3.12. The molecule has 2 aliphatic rings. The Kier molecular flexibility index (Phi) is 5.08. The number of alkyl carbamates (subject to hydrolysis) is 1. The number of rotatable bonds is 4. The molecule has 1 saturated heterocycles. The van der Waals surface area contributed by atoms with Crippen LogP contribution in [0.25, 0.3) is 0 Å². The van der Waals surface area contributed by atoms with Gasteiger partial charge in [0.25, 0.3) is 0 Å². The van der Waals surface area contributed by atoms with Gasteiger partial charge in [0.15, 0.2) is 11.5 Å². The van der Waals surface area contributed by atoms with E-state index in [1.54, 1.807) is 0 Å². The summed E-state index contributed by atoms with van der Waals surface area (Å²) in [5.41, 5.74) is 0.777. The highest BCUT2D eigenvalue weighted by molar-refractivity contribution is 5.68. The SMILES string of the molecule is CC(Cc1ccc2c(c1)OCCO2)N1CC(NC(=O)OC(C)(C)C)C1. The second kappa shape index (κ2) is 7.12. The van der Waals surface area contributed by atoms with Crippen molar-refractivity contribution >= 4 is 6.09 Å². The Labute approximate surface area is 149 Å². The summed E-state index contributed by atoms with van der Waals surface area (Å²) < 4.78 is 16.5. The van der Waals surface area contributed by atoms with E-state index in [2.05, 4.69) is 29.3 Å². The van der Waals surface area contributed by atoms with Gasteiger partial charge in [0.1, 0.15) is 18.8 Å². The van der Waals surface area contributed by atoms with Crippen LogP contribution in [0.15, 0.2) is 18.2 Å². The Morgan fingerprint density at radius 2 is 1.96 bits per heavy atom. The van der Waals surface area contributed by atoms with E-state index >= 15 is 0 Å². The van der Waals surface area contributed by atoms with Gasteiger partial charge in [0.2, 0.25) is 0 Å². The summed E-state index contributed by atoms with van der Waals surface area (Å²) in [6, 6.07) is 6.72. The van der Waals surface area contributed by atoms with Crippen LogP contribution in [0.5, 0.6) is 11.5 Å². The van der Waals surface area contributed by atoms with Gasteiger partial charge in [-0.1, -0.05) is 6.07 Å². The summed E-state index contributed by atoms with van der Waals surface area (Å²) in [7, 11) is 0. The monoisotopic (exact) mass is 348 g/mol. The van der Waals surface area contributed by atoms with Crippen LogP contribution in [0.4, 0.5) is 4.79 Å². The van der Waals surface area contributed by atoms with Crippen LogP contribution in [-0.4, -0.2) is 55.0 Å². The van der Waals surface area contributed by atoms with Crippen LogP contribution in [0.3, 0.4) is 0 Å².